The van der Waals surface area contributed by atoms with Crippen LogP contribution in [0.2, 0.25) is 0 Å². The molecule has 0 atom stereocenters. The van der Waals surface area contributed by atoms with E-state index in [1.807, 2.05) is 12.1 Å². The van der Waals surface area contributed by atoms with Crippen molar-refractivity contribution >= 4 is 23.0 Å². The van der Waals surface area contributed by atoms with Crippen molar-refractivity contribution in [1.29, 1.82) is 0 Å². The van der Waals surface area contributed by atoms with Gasteiger partial charge in [-0.2, -0.15) is 0 Å². The van der Waals surface area contributed by atoms with Crippen LogP contribution in [0.3, 0.4) is 0 Å². The highest BCUT2D eigenvalue weighted by Gasteiger charge is 2.09. The van der Waals surface area contributed by atoms with Crippen molar-refractivity contribution in [3.63, 3.8) is 0 Å². The molecule has 2 rings (SSSR count). The molecule has 17 heavy (non-hydrogen) atoms. The summed E-state index contributed by atoms with van der Waals surface area (Å²) in [6.07, 6.45) is 7.41. The molecule has 1 heterocycles. The summed E-state index contributed by atoms with van der Waals surface area (Å²) in [4.78, 5) is 15.8. The number of thiocarbonyl (C=S) groups is 1. The molecule has 4 nitrogen and oxygen atoms in total. The smallest absolute Gasteiger partial charge is 0.157 e. The fourth-order valence-electron chi connectivity index (χ4n) is 1.60. The number of allylic oxidation sites excluding steroid dienone is 2. The van der Waals surface area contributed by atoms with Crippen LogP contribution in [-0.4, -0.2) is 15.8 Å². The van der Waals surface area contributed by atoms with E-state index < -0.39 is 0 Å². The summed E-state index contributed by atoms with van der Waals surface area (Å²) in [6.45, 7) is 0. The molecule has 0 bridgehead atoms. The van der Waals surface area contributed by atoms with E-state index in [-0.39, 0.29) is 5.78 Å². The third-order valence-electron chi connectivity index (χ3n) is 2.46. The number of nitrogens with zero attached hydrogens (tertiary/aromatic N) is 1. The molecule has 1 aromatic rings. The van der Waals surface area contributed by atoms with Crippen LogP contribution in [0.5, 0.6) is 0 Å². The SMILES string of the molecule is O=C1C=C(NNC(=S)c2cccnc2)CCC1. The van der Waals surface area contributed by atoms with E-state index in [9.17, 15) is 4.79 Å². The van der Waals surface area contributed by atoms with Gasteiger partial charge in [-0.3, -0.25) is 15.2 Å². The van der Waals surface area contributed by atoms with Crippen LogP contribution in [0, 0.1) is 0 Å². The van der Waals surface area contributed by atoms with Crippen molar-refractivity contribution in [3.8, 4) is 0 Å². The fraction of sp³-hybridized carbons (Fsp3) is 0.250. The Morgan fingerprint density at radius 3 is 3.00 bits per heavy atom. The summed E-state index contributed by atoms with van der Waals surface area (Å²) in [7, 11) is 0. The van der Waals surface area contributed by atoms with E-state index in [1.54, 1.807) is 18.5 Å². The Bertz CT molecular complexity index is 456. The molecule has 0 aliphatic heterocycles. The minimum absolute atomic E-state index is 0.160. The Kier molecular flexibility index (Phi) is 3.82. The molecule has 1 aromatic heterocycles. The first-order valence-corrected chi connectivity index (χ1v) is 5.86. The molecule has 1 aliphatic carbocycles. The van der Waals surface area contributed by atoms with Gasteiger partial charge < -0.3 is 5.43 Å². The highest BCUT2D eigenvalue weighted by atomic mass is 32.1. The number of carbonyl (C=O) groups excluding carboxylic acids is 1. The number of nitrogens with one attached hydrogen (secondary N) is 2. The Morgan fingerprint density at radius 1 is 1.41 bits per heavy atom. The van der Waals surface area contributed by atoms with Crippen molar-refractivity contribution in [2.24, 2.45) is 0 Å². The van der Waals surface area contributed by atoms with Crippen LogP contribution in [0.4, 0.5) is 0 Å². The average molecular weight is 247 g/mol. The van der Waals surface area contributed by atoms with Crippen LogP contribution >= 0.6 is 12.2 Å². The van der Waals surface area contributed by atoms with Gasteiger partial charge in [0.2, 0.25) is 0 Å². The average Bonchev–Trinajstić information content (AvgIpc) is 2.37. The molecule has 0 saturated carbocycles. The Morgan fingerprint density at radius 2 is 2.29 bits per heavy atom. The molecular weight excluding hydrogens is 234 g/mol. The molecule has 0 aromatic carbocycles. The lowest BCUT2D eigenvalue weighted by atomic mass is 10.0. The predicted octanol–water partition coefficient (Wildman–Crippen LogP) is 1.49. The molecule has 0 amide bonds. The van der Waals surface area contributed by atoms with Crippen molar-refractivity contribution < 1.29 is 4.79 Å². The number of ketones is 1. The van der Waals surface area contributed by atoms with Gasteiger partial charge in [-0.05, 0) is 25.0 Å². The van der Waals surface area contributed by atoms with E-state index in [1.165, 1.54) is 0 Å². The number of aromatic nitrogens is 1. The van der Waals surface area contributed by atoms with E-state index in [4.69, 9.17) is 12.2 Å². The lowest BCUT2D eigenvalue weighted by Gasteiger charge is -2.16. The first-order valence-electron chi connectivity index (χ1n) is 5.45. The third kappa shape index (κ3) is 3.35. The van der Waals surface area contributed by atoms with Gasteiger partial charge in [0.25, 0.3) is 0 Å². The highest BCUT2D eigenvalue weighted by molar-refractivity contribution is 7.80. The molecule has 5 heteroatoms. The maximum absolute atomic E-state index is 11.2. The highest BCUT2D eigenvalue weighted by Crippen LogP contribution is 2.11. The summed E-state index contributed by atoms with van der Waals surface area (Å²) >= 11 is 5.19. The van der Waals surface area contributed by atoms with Crippen LogP contribution in [0.25, 0.3) is 0 Å². The van der Waals surface area contributed by atoms with Gasteiger partial charge in [0, 0.05) is 36.2 Å². The second-order valence-electron chi connectivity index (χ2n) is 3.81. The van der Waals surface area contributed by atoms with Gasteiger partial charge in [-0.15, -0.1) is 0 Å². The zero-order valence-electron chi connectivity index (χ0n) is 9.27. The number of hydrogen-bond donors (Lipinski definition) is 2. The van der Waals surface area contributed by atoms with Crippen LogP contribution < -0.4 is 10.9 Å². The zero-order chi connectivity index (χ0) is 12.1. The van der Waals surface area contributed by atoms with Crippen molar-refractivity contribution in [2.45, 2.75) is 19.3 Å². The van der Waals surface area contributed by atoms with Crippen LogP contribution in [-0.2, 0) is 4.79 Å². The topological polar surface area (TPSA) is 54.0 Å². The summed E-state index contributed by atoms with van der Waals surface area (Å²) in [5.41, 5.74) is 7.61. The molecule has 0 saturated heterocycles. The van der Waals surface area contributed by atoms with Crippen molar-refractivity contribution in [1.82, 2.24) is 15.8 Å². The quantitative estimate of drug-likeness (QED) is 0.626. The molecule has 88 valence electrons. The number of rotatable bonds is 3. The Balaban J connectivity index is 1.91. The molecule has 0 spiro atoms. The minimum Gasteiger partial charge on any atom is -0.304 e. The fourth-order valence-corrected chi connectivity index (χ4v) is 1.77. The molecule has 0 fully saturated rings. The zero-order valence-corrected chi connectivity index (χ0v) is 10.1. The lowest BCUT2D eigenvalue weighted by Crippen LogP contribution is -2.37. The predicted molar refractivity (Wildman–Crippen MR) is 69.1 cm³/mol. The second kappa shape index (κ2) is 5.54. The van der Waals surface area contributed by atoms with Gasteiger partial charge in [-0.1, -0.05) is 12.2 Å². The summed E-state index contributed by atoms with van der Waals surface area (Å²) in [5, 5.41) is 0. The van der Waals surface area contributed by atoms with Gasteiger partial charge >= 0.3 is 0 Å². The largest absolute Gasteiger partial charge is 0.304 e. The maximum atomic E-state index is 11.2. The first kappa shape index (κ1) is 11.7. The van der Waals surface area contributed by atoms with E-state index in [2.05, 4.69) is 15.8 Å². The summed E-state index contributed by atoms with van der Waals surface area (Å²) < 4.78 is 0. The third-order valence-corrected chi connectivity index (χ3v) is 2.80. The maximum Gasteiger partial charge on any atom is 0.157 e. The van der Waals surface area contributed by atoms with Gasteiger partial charge in [0.05, 0.1) is 0 Å². The van der Waals surface area contributed by atoms with Crippen LogP contribution in [0.15, 0.2) is 36.3 Å². The Labute approximate surface area is 105 Å². The lowest BCUT2D eigenvalue weighted by molar-refractivity contribution is -0.115. The van der Waals surface area contributed by atoms with E-state index in [0.29, 0.717) is 11.4 Å². The molecule has 1 aliphatic rings. The first-order chi connectivity index (χ1) is 8.25. The van der Waals surface area contributed by atoms with E-state index in [0.717, 1.165) is 24.1 Å². The monoisotopic (exact) mass is 247 g/mol. The molecule has 2 N–H and O–H groups in total. The number of hydrogen-bond acceptors (Lipinski definition) is 4. The summed E-state index contributed by atoms with van der Waals surface area (Å²) in [6, 6.07) is 3.71. The minimum atomic E-state index is 0.160. The molecule has 0 radical (unpaired) electrons. The molecule has 0 unspecified atom stereocenters. The number of carbonyl (C=O) groups is 1. The standard InChI is InChI=1S/C12H13N3OS/c16-11-5-1-4-10(7-11)14-15-12(17)9-3-2-6-13-8-9/h2-3,6-8,14H,1,4-5H2,(H,15,17). The van der Waals surface area contributed by atoms with Gasteiger partial charge in [0.1, 0.15) is 4.99 Å². The van der Waals surface area contributed by atoms with Gasteiger partial charge in [-0.25, -0.2) is 0 Å². The van der Waals surface area contributed by atoms with Crippen molar-refractivity contribution in [2.75, 3.05) is 0 Å². The summed E-state index contributed by atoms with van der Waals surface area (Å²) in [5.74, 6) is 0.160. The van der Waals surface area contributed by atoms with E-state index >= 15 is 0 Å². The molecular formula is C12H13N3OS. The second-order valence-corrected chi connectivity index (χ2v) is 4.22. The Hall–Kier alpha value is -1.75. The van der Waals surface area contributed by atoms with Crippen molar-refractivity contribution in [3.05, 3.63) is 41.9 Å². The normalized spacial score (nSPS) is 15.1. The van der Waals surface area contributed by atoms with Gasteiger partial charge in [0.15, 0.2) is 5.78 Å². The number of pyridine rings is 1. The number of hydrazine groups is 1. The van der Waals surface area contributed by atoms with Crippen LogP contribution in [0.1, 0.15) is 24.8 Å².